The summed E-state index contributed by atoms with van der Waals surface area (Å²) in [6.45, 7) is 5.77. The molecule has 1 heterocycles. The molecule has 0 radical (unpaired) electrons. The quantitative estimate of drug-likeness (QED) is 0.843. The summed E-state index contributed by atoms with van der Waals surface area (Å²) < 4.78 is 0. The van der Waals surface area contributed by atoms with Gasteiger partial charge in [-0.05, 0) is 24.5 Å². The molecule has 3 rings (SSSR count). The Morgan fingerprint density at radius 3 is 2.60 bits per heavy atom. The van der Waals surface area contributed by atoms with E-state index < -0.39 is 0 Å². The van der Waals surface area contributed by atoms with E-state index in [0.29, 0.717) is 5.25 Å². The Bertz CT molecular complexity index is 687. The van der Waals surface area contributed by atoms with Crippen LogP contribution < -0.4 is 5.32 Å². The van der Waals surface area contributed by atoms with Gasteiger partial charge in [-0.2, -0.15) is 11.8 Å². The van der Waals surface area contributed by atoms with E-state index >= 15 is 0 Å². The maximum absolute atomic E-state index is 12.8. The van der Waals surface area contributed by atoms with E-state index in [4.69, 9.17) is 0 Å². The molecule has 0 bridgehead atoms. The van der Waals surface area contributed by atoms with Crippen molar-refractivity contribution in [2.24, 2.45) is 0 Å². The number of amides is 2. The van der Waals surface area contributed by atoms with Crippen LogP contribution in [0.25, 0.3) is 0 Å². The van der Waals surface area contributed by atoms with Crippen molar-refractivity contribution in [2.45, 2.75) is 31.6 Å². The molecular weight excluding hydrogens is 328 g/mol. The highest BCUT2D eigenvalue weighted by Crippen LogP contribution is 2.33. The number of benzene rings is 2. The average molecular weight is 355 g/mol. The molecular formula is C21H26N2OS. The van der Waals surface area contributed by atoms with Crippen LogP contribution in [0, 0.1) is 6.92 Å². The Morgan fingerprint density at radius 1 is 1.20 bits per heavy atom. The van der Waals surface area contributed by atoms with E-state index in [1.54, 1.807) is 0 Å². The molecule has 2 amide bonds. The fraction of sp³-hybridized carbons (Fsp3) is 0.381. The fourth-order valence-corrected chi connectivity index (χ4v) is 4.41. The molecule has 25 heavy (non-hydrogen) atoms. The summed E-state index contributed by atoms with van der Waals surface area (Å²) in [5, 5.41) is 3.58. The Hall–Kier alpha value is -1.94. The minimum Gasteiger partial charge on any atom is -0.331 e. The first kappa shape index (κ1) is 17.9. The lowest BCUT2D eigenvalue weighted by molar-refractivity contribution is 0.195. The number of carbonyl (C=O) groups excluding carboxylic acids is 1. The summed E-state index contributed by atoms with van der Waals surface area (Å²) in [5.74, 6) is 0.980. The molecule has 2 unspecified atom stereocenters. The van der Waals surface area contributed by atoms with Crippen molar-refractivity contribution in [3.05, 3.63) is 71.3 Å². The molecule has 4 heteroatoms. The highest BCUT2D eigenvalue weighted by molar-refractivity contribution is 7.99. The highest BCUT2D eigenvalue weighted by atomic mass is 32.2. The second-order valence-corrected chi connectivity index (χ2v) is 7.85. The molecule has 1 fully saturated rings. The number of thioether (sulfide) groups is 1. The van der Waals surface area contributed by atoms with Crippen molar-refractivity contribution >= 4 is 17.8 Å². The number of hydrogen-bond donors (Lipinski definition) is 1. The molecule has 1 N–H and O–H groups in total. The van der Waals surface area contributed by atoms with Gasteiger partial charge in [-0.15, -0.1) is 0 Å². The van der Waals surface area contributed by atoms with Crippen LogP contribution in [0.2, 0.25) is 0 Å². The molecule has 1 aliphatic heterocycles. The van der Waals surface area contributed by atoms with Crippen molar-refractivity contribution < 1.29 is 4.79 Å². The van der Waals surface area contributed by atoms with Gasteiger partial charge >= 0.3 is 6.03 Å². The first-order valence-corrected chi connectivity index (χ1v) is 10.0. The van der Waals surface area contributed by atoms with Gasteiger partial charge in [-0.1, -0.05) is 67.1 Å². The summed E-state index contributed by atoms with van der Waals surface area (Å²) in [7, 11) is 0. The van der Waals surface area contributed by atoms with Crippen LogP contribution in [0.3, 0.4) is 0 Å². The third-order valence-corrected chi connectivity index (χ3v) is 5.95. The fourth-order valence-electron chi connectivity index (χ4n) is 3.16. The zero-order valence-electron chi connectivity index (χ0n) is 14.9. The van der Waals surface area contributed by atoms with Crippen LogP contribution in [0.15, 0.2) is 54.6 Å². The number of aryl methyl sites for hydroxylation is 1. The summed E-state index contributed by atoms with van der Waals surface area (Å²) in [6.07, 6.45) is 0.888. The van der Waals surface area contributed by atoms with Crippen molar-refractivity contribution in [1.29, 1.82) is 0 Å². The van der Waals surface area contributed by atoms with Gasteiger partial charge in [0, 0.05) is 24.1 Å². The number of nitrogens with one attached hydrogen (secondary N) is 1. The summed E-state index contributed by atoms with van der Waals surface area (Å²) in [6, 6.07) is 19.0. The summed E-state index contributed by atoms with van der Waals surface area (Å²) in [5.41, 5.74) is 3.71. The van der Waals surface area contributed by atoms with Gasteiger partial charge < -0.3 is 10.2 Å². The average Bonchev–Trinajstić information content (AvgIpc) is 2.67. The molecule has 0 saturated carbocycles. The van der Waals surface area contributed by atoms with Gasteiger partial charge in [0.05, 0.1) is 6.04 Å². The number of urea groups is 1. The van der Waals surface area contributed by atoms with Gasteiger partial charge in [0.1, 0.15) is 0 Å². The van der Waals surface area contributed by atoms with Crippen LogP contribution in [0.4, 0.5) is 4.79 Å². The van der Waals surface area contributed by atoms with Gasteiger partial charge in [0.25, 0.3) is 0 Å². The van der Waals surface area contributed by atoms with Crippen LogP contribution >= 0.6 is 11.8 Å². The Labute approximate surface area is 154 Å². The van der Waals surface area contributed by atoms with E-state index in [1.807, 2.05) is 22.7 Å². The van der Waals surface area contributed by atoms with Crippen molar-refractivity contribution in [2.75, 3.05) is 18.8 Å². The highest BCUT2D eigenvalue weighted by Gasteiger charge is 2.26. The Morgan fingerprint density at radius 2 is 1.92 bits per heavy atom. The van der Waals surface area contributed by atoms with Gasteiger partial charge in [0.2, 0.25) is 0 Å². The third kappa shape index (κ3) is 4.57. The van der Waals surface area contributed by atoms with Crippen molar-refractivity contribution in [3.8, 4) is 0 Å². The second-order valence-electron chi connectivity index (χ2n) is 6.54. The van der Waals surface area contributed by atoms with E-state index in [1.165, 1.54) is 16.7 Å². The number of rotatable bonds is 4. The van der Waals surface area contributed by atoms with Crippen LogP contribution in [0.1, 0.15) is 41.3 Å². The topological polar surface area (TPSA) is 32.3 Å². The first-order chi connectivity index (χ1) is 12.2. The smallest absolute Gasteiger partial charge is 0.317 e. The molecule has 2 aromatic carbocycles. The summed E-state index contributed by atoms with van der Waals surface area (Å²) in [4.78, 5) is 14.8. The van der Waals surface area contributed by atoms with Crippen LogP contribution in [-0.4, -0.2) is 29.8 Å². The maximum Gasteiger partial charge on any atom is 0.317 e. The molecule has 1 saturated heterocycles. The van der Waals surface area contributed by atoms with Gasteiger partial charge in [0.15, 0.2) is 0 Å². The predicted molar refractivity (Wildman–Crippen MR) is 106 cm³/mol. The Balaban J connectivity index is 1.64. The van der Waals surface area contributed by atoms with E-state index in [2.05, 4.69) is 67.7 Å². The summed E-state index contributed by atoms with van der Waals surface area (Å²) >= 11 is 1.94. The lowest BCUT2D eigenvalue weighted by Crippen LogP contribution is -2.46. The zero-order chi connectivity index (χ0) is 17.6. The molecule has 0 aromatic heterocycles. The van der Waals surface area contributed by atoms with Gasteiger partial charge in [-0.25, -0.2) is 4.79 Å². The monoisotopic (exact) mass is 354 g/mol. The SMILES string of the molecule is CCC(NC(=O)N1CCSC(c2ccccc2)C1)c1ccc(C)cc1. The van der Waals surface area contributed by atoms with Gasteiger partial charge in [-0.3, -0.25) is 0 Å². The number of carbonyl (C=O) groups is 1. The van der Waals surface area contributed by atoms with E-state index in [-0.39, 0.29) is 12.1 Å². The minimum atomic E-state index is 0.0497. The zero-order valence-corrected chi connectivity index (χ0v) is 15.8. The lowest BCUT2D eigenvalue weighted by Gasteiger charge is -2.34. The lowest BCUT2D eigenvalue weighted by atomic mass is 10.0. The molecule has 0 aliphatic carbocycles. The van der Waals surface area contributed by atoms with E-state index in [9.17, 15) is 4.79 Å². The standard InChI is InChI=1S/C21H26N2OS/c1-3-19(17-11-9-16(2)10-12-17)22-21(24)23-13-14-25-20(15-23)18-7-5-4-6-8-18/h4-12,19-20H,3,13-15H2,1-2H3,(H,22,24). The minimum absolute atomic E-state index is 0.0497. The predicted octanol–water partition coefficient (Wildman–Crippen LogP) is 4.95. The number of nitrogens with zero attached hydrogens (tertiary/aromatic N) is 1. The van der Waals surface area contributed by atoms with E-state index in [0.717, 1.165) is 25.3 Å². The second kappa shape index (κ2) is 8.43. The van der Waals surface area contributed by atoms with Crippen LogP contribution in [-0.2, 0) is 0 Å². The molecule has 1 aliphatic rings. The van der Waals surface area contributed by atoms with Crippen molar-refractivity contribution in [3.63, 3.8) is 0 Å². The van der Waals surface area contributed by atoms with Crippen LogP contribution in [0.5, 0.6) is 0 Å². The molecule has 132 valence electrons. The molecule has 0 spiro atoms. The normalized spacial score (nSPS) is 18.6. The maximum atomic E-state index is 12.8. The Kier molecular flexibility index (Phi) is 6.03. The molecule has 2 atom stereocenters. The molecule has 2 aromatic rings. The number of hydrogen-bond acceptors (Lipinski definition) is 2. The first-order valence-electron chi connectivity index (χ1n) is 8.96. The molecule has 3 nitrogen and oxygen atoms in total. The van der Waals surface area contributed by atoms with Crippen molar-refractivity contribution in [1.82, 2.24) is 10.2 Å². The largest absolute Gasteiger partial charge is 0.331 e. The third-order valence-electron chi connectivity index (χ3n) is 4.71.